The lowest BCUT2D eigenvalue weighted by Gasteiger charge is -2.20. The Morgan fingerprint density at radius 2 is 1.97 bits per heavy atom. The van der Waals surface area contributed by atoms with Crippen LogP contribution in [0.5, 0.6) is 11.5 Å². The largest absolute Gasteiger partial charge is 0.497 e. The summed E-state index contributed by atoms with van der Waals surface area (Å²) in [4.78, 5) is 30.9. The summed E-state index contributed by atoms with van der Waals surface area (Å²) in [5.74, 6) is 0.385. The van der Waals surface area contributed by atoms with Crippen molar-refractivity contribution in [3.05, 3.63) is 60.7 Å². The van der Waals surface area contributed by atoms with Crippen LogP contribution >= 0.6 is 0 Å². The van der Waals surface area contributed by atoms with Gasteiger partial charge in [0.15, 0.2) is 0 Å². The molecule has 1 N–H and O–H groups in total. The molecule has 0 bridgehead atoms. The van der Waals surface area contributed by atoms with Gasteiger partial charge in [-0.15, -0.1) is 0 Å². The SMILES string of the molecule is COc1ccc(OC)c(N2C[C@@H](C(=O)Nc3ccc(Cn4cncn4)cc3)CC2=O)c1. The molecule has 0 unspecified atom stereocenters. The molecule has 9 nitrogen and oxygen atoms in total. The van der Waals surface area contributed by atoms with Crippen LogP contribution < -0.4 is 19.7 Å². The number of carbonyl (C=O) groups excluding carboxylic acids is 2. The van der Waals surface area contributed by atoms with E-state index < -0.39 is 5.92 Å². The van der Waals surface area contributed by atoms with Crippen molar-refractivity contribution in [1.82, 2.24) is 14.8 Å². The van der Waals surface area contributed by atoms with Crippen molar-refractivity contribution < 1.29 is 19.1 Å². The lowest BCUT2D eigenvalue weighted by molar-refractivity contribution is -0.122. The molecular formula is C22H23N5O4. The fourth-order valence-electron chi connectivity index (χ4n) is 3.56. The molecule has 1 aromatic heterocycles. The third-order valence-corrected chi connectivity index (χ3v) is 5.21. The van der Waals surface area contributed by atoms with Gasteiger partial charge in [0.25, 0.3) is 0 Å². The van der Waals surface area contributed by atoms with Crippen LogP contribution in [0.4, 0.5) is 11.4 Å². The Bertz CT molecular complexity index is 1070. The molecule has 1 aliphatic rings. The molecule has 2 amide bonds. The van der Waals surface area contributed by atoms with E-state index in [1.54, 1.807) is 48.3 Å². The predicted octanol–water partition coefficient (Wildman–Crippen LogP) is 2.34. The van der Waals surface area contributed by atoms with Crippen molar-refractivity contribution in [3.8, 4) is 11.5 Å². The summed E-state index contributed by atoms with van der Waals surface area (Å²) in [7, 11) is 3.10. The normalized spacial score (nSPS) is 15.7. The van der Waals surface area contributed by atoms with Crippen LogP contribution in [-0.4, -0.2) is 47.3 Å². The van der Waals surface area contributed by atoms with Gasteiger partial charge in [0.1, 0.15) is 24.2 Å². The smallest absolute Gasteiger partial charge is 0.229 e. The maximum Gasteiger partial charge on any atom is 0.229 e. The highest BCUT2D eigenvalue weighted by atomic mass is 16.5. The van der Waals surface area contributed by atoms with Crippen LogP contribution in [-0.2, 0) is 16.1 Å². The number of ether oxygens (including phenoxy) is 2. The van der Waals surface area contributed by atoms with Crippen LogP contribution in [0.2, 0.25) is 0 Å². The topological polar surface area (TPSA) is 98.6 Å². The molecule has 31 heavy (non-hydrogen) atoms. The second-order valence-corrected chi connectivity index (χ2v) is 7.22. The van der Waals surface area contributed by atoms with Gasteiger partial charge in [0.2, 0.25) is 11.8 Å². The molecule has 0 spiro atoms. The van der Waals surface area contributed by atoms with E-state index in [9.17, 15) is 9.59 Å². The second kappa shape index (κ2) is 8.86. The van der Waals surface area contributed by atoms with Crippen molar-refractivity contribution in [2.75, 3.05) is 31.0 Å². The molecule has 4 rings (SSSR count). The third-order valence-electron chi connectivity index (χ3n) is 5.21. The summed E-state index contributed by atoms with van der Waals surface area (Å²) < 4.78 is 12.4. The number of anilines is 2. The zero-order chi connectivity index (χ0) is 21.8. The lowest BCUT2D eigenvalue weighted by atomic mass is 10.1. The van der Waals surface area contributed by atoms with Crippen molar-refractivity contribution in [3.63, 3.8) is 0 Å². The van der Waals surface area contributed by atoms with E-state index in [2.05, 4.69) is 15.4 Å². The van der Waals surface area contributed by atoms with Gasteiger partial charge < -0.3 is 19.7 Å². The molecule has 1 aliphatic heterocycles. The number of aromatic nitrogens is 3. The van der Waals surface area contributed by atoms with E-state index >= 15 is 0 Å². The first kappa shape index (κ1) is 20.4. The number of nitrogens with zero attached hydrogens (tertiary/aromatic N) is 4. The molecule has 0 radical (unpaired) electrons. The maximum absolute atomic E-state index is 12.8. The first-order valence-electron chi connectivity index (χ1n) is 9.82. The average Bonchev–Trinajstić information content (AvgIpc) is 3.44. The molecule has 0 aliphatic carbocycles. The fourth-order valence-corrected chi connectivity index (χ4v) is 3.56. The van der Waals surface area contributed by atoms with Crippen LogP contribution in [0, 0.1) is 5.92 Å². The van der Waals surface area contributed by atoms with Crippen molar-refractivity contribution in [2.24, 2.45) is 5.92 Å². The molecule has 2 aromatic carbocycles. The van der Waals surface area contributed by atoms with E-state index in [1.807, 2.05) is 24.3 Å². The second-order valence-electron chi connectivity index (χ2n) is 7.22. The monoisotopic (exact) mass is 421 g/mol. The highest BCUT2D eigenvalue weighted by Crippen LogP contribution is 2.36. The minimum atomic E-state index is -0.460. The maximum atomic E-state index is 12.8. The Balaban J connectivity index is 1.42. The predicted molar refractivity (Wildman–Crippen MR) is 114 cm³/mol. The average molecular weight is 421 g/mol. The van der Waals surface area contributed by atoms with Crippen LogP contribution in [0.25, 0.3) is 0 Å². The van der Waals surface area contributed by atoms with Gasteiger partial charge in [0.05, 0.1) is 32.4 Å². The number of nitrogens with one attached hydrogen (secondary N) is 1. The van der Waals surface area contributed by atoms with Crippen molar-refractivity contribution >= 4 is 23.2 Å². The zero-order valence-corrected chi connectivity index (χ0v) is 17.3. The number of hydrogen-bond acceptors (Lipinski definition) is 6. The van der Waals surface area contributed by atoms with E-state index in [-0.39, 0.29) is 24.8 Å². The highest BCUT2D eigenvalue weighted by molar-refractivity contribution is 6.04. The van der Waals surface area contributed by atoms with Gasteiger partial charge in [-0.05, 0) is 29.8 Å². The Kier molecular flexibility index (Phi) is 5.83. The molecule has 3 aromatic rings. The number of hydrogen-bond donors (Lipinski definition) is 1. The van der Waals surface area contributed by atoms with Gasteiger partial charge in [-0.25, -0.2) is 9.67 Å². The van der Waals surface area contributed by atoms with Crippen molar-refractivity contribution in [1.29, 1.82) is 0 Å². The molecule has 1 saturated heterocycles. The van der Waals surface area contributed by atoms with Crippen LogP contribution in [0.3, 0.4) is 0 Å². The fraction of sp³-hybridized carbons (Fsp3) is 0.273. The summed E-state index contributed by atoms with van der Waals surface area (Å²) in [6.07, 6.45) is 3.27. The minimum absolute atomic E-state index is 0.130. The quantitative estimate of drug-likeness (QED) is 0.629. The molecular weight excluding hydrogens is 398 g/mol. The van der Waals surface area contributed by atoms with Gasteiger partial charge >= 0.3 is 0 Å². The molecule has 2 heterocycles. The van der Waals surface area contributed by atoms with Gasteiger partial charge in [0, 0.05) is 24.7 Å². The Labute approximate surface area is 179 Å². The summed E-state index contributed by atoms with van der Waals surface area (Å²) in [5.41, 5.74) is 2.31. The van der Waals surface area contributed by atoms with E-state index in [1.165, 1.54) is 6.33 Å². The first-order chi connectivity index (χ1) is 15.1. The van der Waals surface area contributed by atoms with Gasteiger partial charge in [-0.3, -0.25) is 9.59 Å². The van der Waals surface area contributed by atoms with E-state index in [4.69, 9.17) is 9.47 Å². The number of carbonyl (C=O) groups is 2. The van der Waals surface area contributed by atoms with E-state index in [0.29, 0.717) is 29.4 Å². The molecule has 160 valence electrons. The summed E-state index contributed by atoms with van der Waals surface area (Å²) in [5, 5.41) is 6.98. The minimum Gasteiger partial charge on any atom is -0.497 e. The van der Waals surface area contributed by atoms with Gasteiger partial charge in [-0.2, -0.15) is 5.10 Å². The molecule has 1 fully saturated rings. The highest BCUT2D eigenvalue weighted by Gasteiger charge is 2.36. The zero-order valence-electron chi connectivity index (χ0n) is 17.3. The number of rotatable bonds is 7. The lowest BCUT2D eigenvalue weighted by Crippen LogP contribution is -2.28. The third kappa shape index (κ3) is 4.50. The number of methoxy groups -OCH3 is 2. The van der Waals surface area contributed by atoms with E-state index in [0.717, 1.165) is 5.56 Å². The first-order valence-corrected chi connectivity index (χ1v) is 9.82. The Morgan fingerprint density at radius 3 is 2.65 bits per heavy atom. The summed E-state index contributed by atoms with van der Waals surface area (Å²) in [6.45, 7) is 0.876. The molecule has 0 saturated carbocycles. The Hall–Kier alpha value is -3.88. The van der Waals surface area contributed by atoms with Crippen LogP contribution in [0.1, 0.15) is 12.0 Å². The van der Waals surface area contributed by atoms with Crippen LogP contribution in [0.15, 0.2) is 55.1 Å². The number of benzene rings is 2. The van der Waals surface area contributed by atoms with Crippen molar-refractivity contribution in [2.45, 2.75) is 13.0 Å². The summed E-state index contributed by atoms with van der Waals surface area (Å²) >= 11 is 0. The molecule has 9 heteroatoms. The summed E-state index contributed by atoms with van der Waals surface area (Å²) in [6, 6.07) is 12.8. The standard InChI is InChI=1S/C22H23N5O4/c1-30-18-7-8-20(31-2)19(10-18)27-12-16(9-21(27)28)22(29)25-17-5-3-15(4-6-17)11-26-14-23-13-24-26/h3-8,10,13-14,16H,9,11-12H2,1-2H3,(H,25,29)/t16-/m0/s1. The molecule has 1 atom stereocenters. The Morgan fingerprint density at radius 1 is 1.16 bits per heavy atom. The number of amides is 2. The van der Waals surface area contributed by atoms with Gasteiger partial charge in [-0.1, -0.05) is 12.1 Å².